The van der Waals surface area contributed by atoms with E-state index in [0.717, 1.165) is 39.7 Å². The summed E-state index contributed by atoms with van der Waals surface area (Å²) >= 11 is 0. The van der Waals surface area contributed by atoms with Gasteiger partial charge in [-0.1, -0.05) is 31.4 Å². The molecule has 2 N–H and O–H groups in total. The summed E-state index contributed by atoms with van der Waals surface area (Å²) in [6.45, 7) is 0. The molecule has 0 aliphatic heterocycles. The monoisotopic (exact) mass is 569 g/mol. The first kappa shape index (κ1) is 28.6. The van der Waals surface area contributed by atoms with Crippen molar-refractivity contribution in [1.82, 2.24) is 19.5 Å². The lowest BCUT2D eigenvalue weighted by atomic mass is 9.96. The standard InChI is InChI=1S/C28H35N7O2S.ClH/c1-34(23-13-14-25-24(19-23)32-28(35(25)2)31-21-7-5-4-6-8-21)26-15-17-29-27(33-26)30-22-11-9-20(10-12-22)16-18-38(3,36)37;/h9-15,17,19,21H,4-8,16,18H2,1-3H3,(H,31,32)(H,29,30,33);1H. The summed E-state index contributed by atoms with van der Waals surface area (Å²) in [7, 11) is 1.06. The Bertz CT molecular complexity index is 1520. The van der Waals surface area contributed by atoms with Gasteiger partial charge < -0.3 is 20.1 Å². The molecule has 1 aliphatic carbocycles. The van der Waals surface area contributed by atoms with Crippen LogP contribution in [0.3, 0.4) is 0 Å². The van der Waals surface area contributed by atoms with Crippen LogP contribution in [0, 0.1) is 0 Å². The Morgan fingerprint density at radius 3 is 2.49 bits per heavy atom. The molecule has 0 bridgehead atoms. The van der Waals surface area contributed by atoms with Crippen molar-refractivity contribution in [3.63, 3.8) is 0 Å². The molecule has 39 heavy (non-hydrogen) atoms. The molecule has 2 heterocycles. The van der Waals surface area contributed by atoms with Crippen molar-refractivity contribution in [2.24, 2.45) is 7.05 Å². The molecule has 2 aromatic carbocycles. The summed E-state index contributed by atoms with van der Waals surface area (Å²) in [5, 5.41) is 6.89. The number of aryl methyl sites for hydroxylation is 2. The van der Waals surface area contributed by atoms with Gasteiger partial charge >= 0.3 is 0 Å². The number of anilines is 5. The zero-order chi connectivity index (χ0) is 26.7. The van der Waals surface area contributed by atoms with Gasteiger partial charge in [-0.3, -0.25) is 0 Å². The lowest BCUT2D eigenvalue weighted by Gasteiger charge is -2.23. The molecule has 0 radical (unpaired) electrons. The molecule has 0 unspecified atom stereocenters. The number of nitrogens with zero attached hydrogens (tertiary/aromatic N) is 5. The average Bonchev–Trinajstić information content (AvgIpc) is 3.22. The van der Waals surface area contributed by atoms with Crippen LogP contribution in [0.15, 0.2) is 54.7 Å². The number of nitrogens with one attached hydrogen (secondary N) is 2. The number of imidazole rings is 1. The van der Waals surface area contributed by atoms with Gasteiger partial charge in [0, 0.05) is 44.0 Å². The maximum absolute atomic E-state index is 11.4. The second-order valence-corrected chi connectivity index (χ2v) is 12.4. The highest BCUT2D eigenvalue weighted by atomic mass is 35.5. The number of rotatable bonds is 9. The normalized spacial score (nSPS) is 14.1. The molecule has 1 aliphatic rings. The zero-order valence-electron chi connectivity index (χ0n) is 22.6. The van der Waals surface area contributed by atoms with E-state index in [-0.39, 0.29) is 18.2 Å². The predicted molar refractivity (Wildman–Crippen MR) is 162 cm³/mol. The van der Waals surface area contributed by atoms with Crippen LogP contribution in [0.2, 0.25) is 0 Å². The van der Waals surface area contributed by atoms with E-state index in [0.29, 0.717) is 18.4 Å². The fourth-order valence-electron chi connectivity index (χ4n) is 4.87. The third-order valence-corrected chi connectivity index (χ3v) is 8.09. The van der Waals surface area contributed by atoms with Crippen LogP contribution in [-0.4, -0.2) is 53.0 Å². The SMILES string of the molecule is CN(c1ccc2c(c1)nc(NC1CCCCC1)n2C)c1ccnc(Nc2ccc(CCS(C)(=O)=O)cc2)n1.Cl. The van der Waals surface area contributed by atoms with E-state index in [1.54, 1.807) is 6.20 Å². The minimum atomic E-state index is -2.98. The molecule has 1 fully saturated rings. The molecule has 1 saturated carbocycles. The molecule has 0 atom stereocenters. The fraction of sp³-hybridized carbons (Fsp3) is 0.393. The van der Waals surface area contributed by atoms with Crippen molar-refractivity contribution in [1.29, 1.82) is 0 Å². The Labute approximate surface area is 236 Å². The van der Waals surface area contributed by atoms with Crippen LogP contribution < -0.4 is 15.5 Å². The molecular weight excluding hydrogens is 534 g/mol. The summed E-state index contributed by atoms with van der Waals surface area (Å²) in [5.74, 6) is 2.29. The third-order valence-electron chi connectivity index (χ3n) is 7.15. The number of sulfone groups is 1. The van der Waals surface area contributed by atoms with Crippen molar-refractivity contribution in [3.8, 4) is 0 Å². The predicted octanol–water partition coefficient (Wildman–Crippen LogP) is 5.63. The molecule has 9 nitrogen and oxygen atoms in total. The van der Waals surface area contributed by atoms with Gasteiger partial charge in [-0.05, 0) is 61.2 Å². The van der Waals surface area contributed by atoms with E-state index in [2.05, 4.69) is 45.4 Å². The summed E-state index contributed by atoms with van der Waals surface area (Å²) < 4.78 is 25.0. The summed E-state index contributed by atoms with van der Waals surface area (Å²) in [4.78, 5) is 16.0. The molecule has 5 rings (SSSR count). The van der Waals surface area contributed by atoms with Gasteiger partial charge in [0.1, 0.15) is 15.7 Å². The van der Waals surface area contributed by atoms with E-state index < -0.39 is 9.84 Å². The van der Waals surface area contributed by atoms with Crippen LogP contribution >= 0.6 is 12.4 Å². The molecule has 208 valence electrons. The Balaban J connectivity index is 0.00000353. The summed E-state index contributed by atoms with van der Waals surface area (Å²) in [6, 6.07) is 16.3. The van der Waals surface area contributed by atoms with Crippen LogP contribution in [0.25, 0.3) is 11.0 Å². The van der Waals surface area contributed by atoms with Crippen molar-refractivity contribution in [3.05, 3.63) is 60.3 Å². The maximum Gasteiger partial charge on any atom is 0.229 e. The van der Waals surface area contributed by atoms with Gasteiger partial charge in [-0.15, -0.1) is 12.4 Å². The minimum Gasteiger partial charge on any atom is -0.353 e. The van der Waals surface area contributed by atoms with Crippen molar-refractivity contribution in [2.45, 2.75) is 44.6 Å². The molecule has 4 aromatic rings. The molecular formula is C28H36ClN7O2S. The highest BCUT2D eigenvalue weighted by Crippen LogP contribution is 2.29. The lowest BCUT2D eigenvalue weighted by Crippen LogP contribution is -2.23. The Morgan fingerprint density at radius 1 is 1.03 bits per heavy atom. The van der Waals surface area contributed by atoms with E-state index in [1.807, 2.05) is 42.3 Å². The van der Waals surface area contributed by atoms with Crippen LogP contribution in [-0.2, 0) is 23.3 Å². The van der Waals surface area contributed by atoms with Crippen LogP contribution in [0.4, 0.5) is 29.1 Å². The first-order valence-electron chi connectivity index (χ1n) is 13.1. The van der Waals surface area contributed by atoms with Gasteiger partial charge in [0.2, 0.25) is 11.9 Å². The number of aromatic nitrogens is 4. The quantitative estimate of drug-likeness (QED) is 0.267. The molecule has 0 amide bonds. The number of hydrogen-bond donors (Lipinski definition) is 2. The Morgan fingerprint density at radius 2 is 1.77 bits per heavy atom. The van der Waals surface area contributed by atoms with Gasteiger partial charge in [-0.25, -0.2) is 18.4 Å². The lowest BCUT2D eigenvalue weighted by molar-refractivity contribution is 0.460. The third kappa shape index (κ3) is 7.19. The fourth-order valence-corrected chi connectivity index (χ4v) is 5.48. The minimum absolute atomic E-state index is 0. The summed E-state index contributed by atoms with van der Waals surface area (Å²) in [5.41, 5.74) is 4.82. The number of fused-ring (bicyclic) bond motifs is 1. The van der Waals surface area contributed by atoms with Crippen LogP contribution in [0.1, 0.15) is 37.7 Å². The second kappa shape index (κ2) is 12.2. The van der Waals surface area contributed by atoms with E-state index in [4.69, 9.17) is 9.97 Å². The smallest absolute Gasteiger partial charge is 0.229 e. The van der Waals surface area contributed by atoms with Crippen molar-refractivity contribution >= 4 is 62.4 Å². The highest BCUT2D eigenvalue weighted by molar-refractivity contribution is 7.90. The molecule has 0 saturated heterocycles. The summed E-state index contributed by atoms with van der Waals surface area (Å²) in [6.07, 6.45) is 9.78. The number of halogens is 1. The van der Waals surface area contributed by atoms with Gasteiger partial charge in [0.05, 0.1) is 16.8 Å². The average molecular weight is 570 g/mol. The van der Waals surface area contributed by atoms with Gasteiger partial charge in [0.25, 0.3) is 0 Å². The van der Waals surface area contributed by atoms with Gasteiger partial charge in [0.15, 0.2) is 0 Å². The van der Waals surface area contributed by atoms with Crippen LogP contribution in [0.5, 0.6) is 0 Å². The molecule has 11 heteroatoms. The number of benzene rings is 2. The van der Waals surface area contributed by atoms with E-state index in [9.17, 15) is 8.42 Å². The van der Waals surface area contributed by atoms with Gasteiger partial charge in [-0.2, -0.15) is 4.98 Å². The number of hydrogen-bond acceptors (Lipinski definition) is 8. The molecule has 0 spiro atoms. The molecule has 2 aromatic heterocycles. The Hall–Kier alpha value is -3.37. The second-order valence-electron chi connectivity index (χ2n) is 10.1. The first-order valence-corrected chi connectivity index (χ1v) is 15.1. The first-order chi connectivity index (χ1) is 18.2. The van der Waals surface area contributed by atoms with Crippen molar-refractivity contribution < 1.29 is 8.42 Å². The largest absolute Gasteiger partial charge is 0.353 e. The van der Waals surface area contributed by atoms with E-state index in [1.165, 1.54) is 38.4 Å². The zero-order valence-corrected chi connectivity index (χ0v) is 24.2. The van der Waals surface area contributed by atoms with E-state index >= 15 is 0 Å². The van der Waals surface area contributed by atoms with Crippen molar-refractivity contribution in [2.75, 3.05) is 34.6 Å². The maximum atomic E-state index is 11.4. The highest BCUT2D eigenvalue weighted by Gasteiger charge is 2.17. The Kier molecular flexibility index (Phi) is 8.97. The topological polar surface area (TPSA) is 105 Å².